The maximum atomic E-state index is 13.2. The second-order valence-corrected chi connectivity index (χ2v) is 5.55. The fraction of sp³-hybridized carbons (Fsp3) is 0.533. The van der Waals surface area contributed by atoms with Crippen LogP contribution in [0.3, 0.4) is 0 Å². The van der Waals surface area contributed by atoms with E-state index in [-0.39, 0.29) is 11.8 Å². The first kappa shape index (κ1) is 14.6. The predicted octanol–water partition coefficient (Wildman–Crippen LogP) is 2.69. The fourth-order valence-electron chi connectivity index (χ4n) is 2.47. The molecular formula is C15H22FN3O. The fourth-order valence-corrected chi connectivity index (χ4v) is 2.47. The molecule has 1 aromatic rings. The van der Waals surface area contributed by atoms with E-state index in [0.29, 0.717) is 11.6 Å². The topological polar surface area (TPSA) is 35.6 Å². The number of piperidine rings is 1. The molecule has 20 heavy (non-hydrogen) atoms. The largest absolute Gasteiger partial charge is 0.382 e. The number of likely N-dealkylation sites (tertiary alicyclic amines) is 1. The van der Waals surface area contributed by atoms with Crippen LogP contribution in [0.1, 0.15) is 18.4 Å². The van der Waals surface area contributed by atoms with Crippen LogP contribution in [0.5, 0.6) is 0 Å². The quantitative estimate of drug-likeness (QED) is 0.903. The monoisotopic (exact) mass is 279 g/mol. The van der Waals surface area contributed by atoms with Gasteiger partial charge < -0.3 is 15.1 Å². The van der Waals surface area contributed by atoms with Gasteiger partial charge in [-0.3, -0.25) is 0 Å². The molecule has 0 atom stereocenters. The first-order valence-electron chi connectivity index (χ1n) is 6.96. The molecule has 1 saturated heterocycles. The number of urea groups is 1. The van der Waals surface area contributed by atoms with Gasteiger partial charge in [-0.05, 0) is 43.5 Å². The van der Waals surface area contributed by atoms with Crippen LogP contribution in [0, 0.1) is 12.7 Å². The maximum Gasteiger partial charge on any atom is 0.319 e. The Morgan fingerprint density at radius 3 is 2.55 bits per heavy atom. The molecule has 2 rings (SSSR count). The molecule has 1 heterocycles. The molecule has 0 spiro atoms. The van der Waals surface area contributed by atoms with E-state index in [0.717, 1.165) is 31.6 Å². The van der Waals surface area contributed by atoms with Gasteiger partial charge in [0.15, 0.2) is 0 Å². The smallest absolute Gasteiger partial charge is 0.319 e. The van der Waals surface area contributed by atoms with Crippen LogP contribution in [-0.4, -0.2) is 49.1 Å². The van der Waals surface area contributed by atoms with Crippen LogP contribution >= 0.6 is 0 Å². The third-order valence-corrected chi connectivity index (χ3v) is 3.68. The van der Waals surface area contributed by atoms with Crippen molar-refractivity contribution in [2.45, 2.75) is 25.8 Å². The van der Waals surface area contributed by atoms with Crippen LogP contribution < -0.4 is 5.32 Å². The number of nitrogens with one attached hydrogen (secondary N) is 1. The van der Waals surface area contributed by atoms with E-state index in [1.807, 2.05) is 11.0 Å². The number of halogens is 1. The van der Waals surface area contributed by atoms with Gasteiger partial charge >= 0.3 is 6.03 Å². The standard InChI is InChI=1S/C15H22FN3O/c1-11-10-13(4-5-14(11)16)17-12-6-8-19(9-7-12)15(20)18(2)3/h4-5,10,12,17H,6-9H2,1-3H3. The number of nitrogens with zero attached hydrogens (tertiary/aromatic N) is 2. The summed E-state index contributed by atoms with van der Waals surface area (Å²) in [6, 6.07) is 5.49. The van der Waals surface area contributed by atoms with Gasteiger partial charge in [0.2, 0.25) is 0 Å². The molecule has 1 aliphatic heterocycles. The van der Waals surface area contributed by atoms with Crippen molar-refractivity contribution in [1.82, 2.24) is 9.80 Å². The lowest BCUT2D eigenvalue weighted by Gasteiger charge is -2.34. The first-order chi connectivity index (χ1) is 9.47. The van der Waals surface area contributed by atoms with Crippen molar-refractivity contribution in [2.75, 3.05) is 32.5 Å². The molecule has 0 aliphatic carbocycles. The minimum Gasteiger partial charge on any atom is -0.382 e. The van der Waals surface area contributed by atoms with Crippen LogP contribution in [0.2, 0.25) is 0 Å². The van der Waals surface area contributed by atoms with Gasteiger partial charge in [-0.1, -0.05) is 0 Å². The third-order valence-electron chi connectivity index (χ3n) is 3.68. The molecule has 1 N–H and O–H groups in total. The van der Waals surface area contributed by atoms with E-state index < -0.39 is 0 Å². The van der Waals surface area contributed by atoms with Crippen LogP contribution in [0.4, 0.5) is 14.9 Å². The molecule has 0 radical (unpaired) electrons. The Morgan fingerprint density at radius 2 is 2.00 bits per heavy atom. The summed E-state index contributed by atoms with van der Waals surface area (Å²) in [4.78, 5) is 15.3. The van der Waals surface area contributed by atoms with Crippen molar-refractivity contribution in [2.24, 2.45) is 0 Å². The number of carbonyl (C=O) groups is 1. The number of hydrogen-bond donors (Lipinski definition) is 1. The number of aryl methyl sites for hydroxylation is 1. The summed E-state index contributed by atoms with van der Waals surface area (Å²) in [6.45, 7) is 3.28. The highest BCUT2D eigenvalue weighted by Gasteiger charge is 2.23. The average molecular weight is 279 g/mol. The van der Waals surface area contributed by atoms with E-state index in [4.69, 9.17) is 0 Å². The van der Waals surface area contributed by atoms with E-state index in [2.05, 4.69) is 5.32 Å². The number of carbonyl (C=O) groups excluding carboxylic acids is 1. The average Bonchev–Trinajstić information content (AvgIpc) is 2.43. The third kappa shape index (κ3) is 3.40. The zero-order chi connectivity index (χ0) is 14.7. The van der Waals surface area contributed by atoms with Gasteiger partial charge in [0.25, 0.3) is 0 Å². The summed E-state index contributed by atoms with van der Waals surface area (Å²) in [5.41, 5.74) is 1.59. The summed E-state index contributed by atoms with van der Waals surface area (Å²) in [5.74, 6) is -0.179. The minimum atomic E-state index is -0.179. The Bertz CT molecular complexity index is 482. The van der Waals surface area contributed by atoms with Crippen molar-refractivity contribution in [1.29, 1.82) is 0 Å². The van der Waals surface area contributed by atoms with E-state index in [1.54, 1.807) is 32.0 Å². The highest BCUT2D eigenvalue weighted by Crippen LogP contribution is 2.19. The predicted molar refractivity (Wildman–Crippen MR) is 78.4 cm³/mol. The second-order valence-electron chi connectivity index (χ2n) is 5.55. The number of amides is 2. The summed E-state index contributed by atoms with van der Waals surface area (Å²) in [6.07, 6.45) is 1.83. The highest BCUT2D eigenvalue weighted by atomic mass is 19.1. The molecule has 1 aliphatic rings. The molecule has 5 heteroatoms. The summed E-state index contributed by atoms with van der Waals surface area (Å²) < 4.78 is 13.2. The molecule has 2 amide bonds. The number of benzene rings is 1. The zero-order valence-corrected chi connectivity index (χ0v) is 12.3. The number of anilines is 1. The van der Waals surface area contributed by atoms with Crippen molar-refractivity contribution in [3.05, 3.63) is 29.6 Å². The van der Waals surface area contributed by atoms with Crippen molar-refractivity contribution in [3.63, 3.8) is 0 Å². The Kier molecular flexibility index (Phi) is 4.47. The molecule has 0 aromatic heterocycles. The molecule has 1 fully saturated rings. The van der Waals surface area contributed by atoms with Crippen LogP contribution in [-0.2, 0) is 0 Å². The first-order valence-corrected chi connectivity index (χ1v) is 6.96. The van der Waals surface area contributed by atoms with Gasteiger partial charge in [-0.15, -0.1) is 0 Å². The highest BCUT2D eigenvalue weighted by molar-refractivity contribution is 5.73. The molecule has 110 valence electrons. The molecule has 0 unspecified atom stereocenters. The normalized spacial score (nSPS) is 16.1. The lowest BCUT2D eigenvalue weighted by atomic mass is 10.0. The Hall–Kier alpha value is -1.78. The summed E-state index contributed by atoms with van der Waals surface area (Å²) >= 11 is 0. The zero-order valence-electron chi connectivity index (χ0n) is 12.3. The lowest BCUT2D eigenvalue weighted by Crippen LogP contribution is -2.46. The van der Waals surface area contributed by atoms with Gasteiger partial charge in [-0.25, -0.2) is 9.18 Å². The van der Waals surface area contributed by atoms with Crippen LogP contribution in [0.15, 0.2) is 18.2 Å². The van der Waals surface area contributed by atoms with Crippen molar-refractivity contribution >= 4 is 11.7 Å². The molecule has 4 nitrogen and oxygen atoms in total. The molecular weight excluding hydrogens is 257 g/mol. The molecule has 0 bridgehead atoms. The number of rotatable bonds is 2. The van der Waals surface area contributed by atoms with Crippen molar-refractivity contribution < 1.29 is 9.18 Å². The summed E-state index contributed by atoms with van der Waals surface area (Å²) in [7, 11) is 3.54. The SMILES string of the molecule is Cc1cc(NC2CCN(C(=O)N(C)C)CC2)ccc1F. The van der Waals surface area contributed by atoms with Crippen LogP contribution in [0.25, 0.3) is 0 Å². The second kappa shape index (κ2) is 6.11. The number of hydrogen-bond acceptors (Lipinski definition) is 2. The van der Waals surface area contributed by atoms with Gasteiger partial charge in [0.05, 0.1) is 0 Å². The van der Waals surface area contributed by atoms with Crippen molar-refractivity contribution in [3.8, 4) is 0 Å². The van der Waals surface area contributed by atoms with Gasteiger partial charge in [0, 0.05) is 38.9 Å². The Balaban J connectivity index is 1.88. The lowest BCUT2D eigenvalue weighted by molar-refractivity contribution is 0.158. The molecule has 0 saturated carbocycles. The Labute approximate surface area is 119 Å². The van der Waals surface area contributed by atoms with Gasteiger partial charge in [-0.2, -0.15) is 0 Å². The Morgan fingerprint density at radius 1 is 1.35 bits per heavy atom. The minimum absolute atomic E-state index is 0.0704. The maximum absolute atomic E-state index is 13.2. The van der Waals surface area contributed by atoms with Gasteiger partial charge in [0.1, 0.15) is 5.82 Å². The van der Waals surface area contributed by atoms with E-state index in [9.17, 15) is 9.18 Å². The van der Waals surface area contributed by atoms with E-state index >= 15 is 0 Å². The summed E-state index contributed by atoms with van der Waals surface area (Å²) in [5, 5.41) is 3.42. The van der Waals surface area contributed by atoms with E-state index in [1.165, 1.54) is 6.07 Å². The molecule has 1 aromatic carbocycles.